The van der Waals surface area contributed by atoms with Crippen LogP contribution < -0.4 is 10.1 Å². The molecule has 1 aliphatic heterocycles. The van der Waals surface area contributed by atoms with Crippen LogP contribution in [-0.2, 0) is 9.59 Å². The zero-order chi connectivity index (χ0) is 14.7. The van der Waals surface area contributed by atoms with Crippen molar-refractivity contribution in [3.05, 3.63) is 22.4 Å². The molecule has 1 fully saturated rings. The molecule has 7 heteroatoms. The summed E-state index contributed by atoms with van der Waals surface area (Å²) in [7, 11) is 1.39. The van der Waals surface area contributed by atoms with Crippen molar-refractivity contribution in [1.82, 2.24) is 4.90 Å². The fourth-order valence-corrected chi connectivity index (χ4v) is 2.37. The molecule has 1 N–H and O–H groups in total. The van der Waals surface area contributed by atoms with Gasteiger partial charge in [0, 0.05) is 19.0 Å². The van der Waals surface area contributed by atoms with Gasteiger partial charge in [0.1, 0.15) is 11.6 Å². The number of carbonyl (C=O) groups is 2. The van der Waals surface area contributed by atoms with Gasteiger partial charge in [-0.2, -0.15) is 0 Å². The molecule has 1 aliphatic rings. The molecule has 0 bridgehead atoms. The molecule has 0 atom stereocenters. The zero-order valence-corrected chi connectivity index (χ0v) is 12.5. The standard InChI is InChI=1S/C13H14BrFN2O3/c1-20-11-6-9(15)8(14)5-10(11)16-12(18)7-17-4-2-3-13(17)19/h5-6H,2-4,7H2,1H3,(H,16,18). The Bertz CT molecular complexity index is 551. The van der Waals surface area contributed by atoms with Gasteiger partial charge in [-0.3, -0.25) is 9.59 Å². The number of amides is 2. The monoisotopic (exact) mass is 344 g/mol. The minimum absolute atomic E-state index is 0.00299. The Balaban J connectivity index is 2.07. The van der Waals surface area contributed by atoms with E-state index < -0.39 is 5.82 Å². The molecule has 0 unspecified atom stereocenters. The van der Waals surface area contributed by atoms with Gasteiger partial charge in [0.2, 0.25) is 11.8 Å². The second kappa shape index (κ2) is 6.21. The topological polar surface area (TPSA) is 58.6 Å². The number of rotatable bonds is 4. The summed E-state index contributed by atoms with van der Waals surface area (Å²) in [5, 5.41) is 2.62. The maximum absolute atomic E-state index is 13.4. The van der Waals surface area contributed by atoms with Crippen molar-refractivity contribution < 1.29 is 18.7 Å². The number of carbonyl (C=O) groups excluding carboxylic acids is 2. The van der Waals surface area contributed by atoms with Gasteiger partial charge < -0.3 is 15.0 Å². The fraction of sp³-hybridized carbons (Fsp3) is 0.385. The van der Waals surface area contributed by atoms with Crippen LogP contribution in [-0.4, -0.2) is 36.9 Å². The average molecular weight is 345 g/mol. The lowest BCUT2D eigenvalue weighted by atomic mass is 10.2. The molecular weight excluding hydrogens is 331 g/mol. The zero-order valence-electron chi connectivity index (χ0n) is 10.9. The molecular formula is C13H14BrFN2O3. The lowest BCUT2D eigenvalue weighted by Gasteiger charge is -2.16. The van der Waals surface area contributed by atoms with Crippen LogP contribution in [0.5, 0.6) is 5.75 Å². The van der Waals surface area contributed by atoms with Gasteiger partial charge in [-0.05, 0) is 28.4 Å². The first-order chi connectivity index (χ1) is 9.51. The first-order valence-electron chi connectivity index (χ1n) is 6.12. The SMILES string of the molecule is COc1cc(F)c(Br)cc1NC(=O)CN1CCCC1=O. The summed E-state index contributed by atoms with van der Waals surface area (Å²) in [6.45, 7) is 0.591. The first kappa shape index (κ1) is 14.8. The van der Waals surface area contributed by atoms with E-state index >= 15 is 0 Å². The summed E-state index contributed by atoms with van der Waals surface area (Å²) in [4.78, 5) is 24.9. The highest BCUT2D eigenvalue weighted by atomic mass is 79.9. The molecule has 5 nitrogen and oxygen atoms in total. The van der Waals surface area contributed by atoms with Crippen LogP contribution >= 0.6 is 15.9 Å². The van der Waals surface area contributed by atoms with Gasteiger partial charge in [-0.15, -0.1) is 0 Å². The molecule has 0 saturated carbocycles. The maximum atomic E-state index is 13.4. The van der Waals surface area contributed by atoms with Crippen molar-refractivity contribution in [3.63, 3.8) is 0 Å². The minimum Gasteiger partial charge on any atom is -0.494 e. The number of ether oxygens (including phenoxy) is 1. The minimum atomic E-state index is -0.477. The molecule has 0 aliphatic carbocycles. The highest BCUT2D eigenvalue weighted by Crippen LogP contribution is 2.30. The van der Waals surface area contributed by atoms with Crippen LogP contribution in [0, 0.1) is 5.82 Å². The third-order valence-electron chi connectivity index (χ3n) is 3.02. The quantitative estimate of drug-likeness (QED) is 0.910. The number of nitrogens with zero attached hydrogens (tertiary/aromatic N) is 1. The predicted octanol–water partition coefficient (Wildman–Crippen LogP) is 2.16. The van der Waals surface area contributed by atoms with E-state index in [1.807, 2.05) is 0 Å². The highest BCUT2D eigenvalue weighted by Gasteiger charge is 2.22. The van der Waals surface area contributed by atoms with E-state index in [1.165, 1.54) is 24.1 Å². The summed E-state index contributed by atoms with van der Waals surface area (Å²) in [5.74, 6) is -0.606. The molecule has 1 heterocycles. The Kier molecular flexibility index (Phi) is 4.59. The number of hydrogen-bond donors (Lipinski definition) is 1. The normalized spacial score (nSPS) is 14.6. The largest absolute Gasteiger partial charge is 0.494 e. The Hall–Kier alpha value is -1.63. The summed E-state index contributed by atoms with van der Waals surface area (Å²) >= 11 is 3.05. The van der Waals surface area contributed by atoms with Crippen molar-refractivity contribution in [3.8, 4) is 5.75 Å². The number of benzene rings is 1. The average Bonchev–Trinajstić information content (AvgIpc) is 2.79. The molecule has 0 spiro atoms. The van der Waals surface area contributed by atoms with Crippen LogP contribution in [0.3, 0.4) is 0 Å². The fourth-order valence-electron chi connectivity index (χ4n) is 2.03. The summed E-state index contributed by atoms with van der Waals surface area (Å²) in [6, 6.07) is 2.61. The molecule has 1 aromatic carbocycles. The van der Waals surface area contributed by atoms with E-state index in [0.29, 0.717) is 18.7 Å². The number of nitrogens with one attached hydrogen (secondary N) is 1. The number of halogens is 2. The maximum Gasteiger partial charge on any atom is 0.244 e. The number of methoxy groups -OCH3 is 1. The predicted molar refractivity (Wildman–Crippen MR) is 75.1 cm³/mol. The molecule has 1 saturated heterocycles. The second-order valence-electron chi connectivity index (χ2n) is 4.43. The summed E-state index contributed by atoms with van der Waals surface area (Å²) in [6.07, 6.45) is 1.26. The van der Waals surface area contributed by atoms with Crippen molar-refractivity contribution in [2.75, 3.05) is 25.5 Å². The summed E-state index contributed by atoms with van der Waals surface area (Å²) in [5.41, 5.74) is 0.359. The van der Waals surface area contributed by atoms with Crippen LogP contribution in [0.25, 0.3) is 0 Å². The Morgan fingerprint density at radius 3 is 2.90 bits per heavy atom. The van der Waals surface area contributed by atoms with Gasteiger partial charge in [0.15, 0.2) is 0 Å². The van der Waals surface area contributed by atoms with Crippen LogP contribution in [0.1, 0.15) is 12.8 Å². The lowest BCUT2D eigenvalue weighted by Crippen LogP contribution is -2.34. The molecule has 0 radical (unpaired) electrons. The molecule has 108 valence electrons. The summed E-state index contributed by atoms with van der Waals surface area (Å²) < 4.78 is 18.6. The number of anilines is 1. The van der Waals surface area contributed by atoms with Gasteiger partial charge in [-0.25, -0.2) is 4.39 Å². The van der Waals surface area contributed by atoms with Crippen molar-refractivity contribution >= 4 is 33.4 Å². The molecule has 0 aromatic heterocycles. The van der Waals surface area contributed by atoms with Gasteiger partial charge in [0.05, 0.1) is 23.8 Å². The van der Waals surface area contributed by atoms with E-state index in [2.05, 4.69) is 21.2 Å². The number of likely N-dealkylation sites (tertiary alicyclic amines) is 1. The van der Waals surface area contributed by atoms with Crippen molar-refractivity contribution in [2.24, 2.45) is 0 Å². The van der Waals surface area contributed by atoms with Crippen LogP contribution in [0.2, 0.25) is 0 Å². The van der Waals surface area contributed by atoms with Crippen molar-refractivity contribution in [2.45, 2.75) is 12.8 Å². The van der Waals surface area contributed by atoms with Crippen LogP contribution in [0.15, 0.2) is 16.6 Å². The Morgan fingerprint density at radius 1 is 1.55 bits per heavy atom. The van der Waals surface area contributed by atoms with Crippen LogP contribution in [0.4, 0.5) is 10.1 Å². The molecule has 1 aromatic rings. The van der Waals surface area contributed by atoms with E-state index in [0.717, 1.165) is 6.42 Å². The Labute approximate surface area is 124 Å². The molecule has 20 heavy (non-hydrogen) atoms. The third kappa shape index (κ3) is 3.27. The smallest absolute Gasteiger partial charge is 0.244 e. The van der Waals surface area contributed by atoms with Gasteiger partial charge in [-0.1, -0.05) is 0 Å². The first-order valence-corrected chi connectivity index (χ1v) is 6.91. The van der Waals surface area contributed by atoms with E-state index in [-0.39, 0.29) is 28.6 Å². The lowest BCUT2D eigenvalue weighted by molar-refractivity contribution is -0.131. The Morgan fingerprint density at radius 2 is 2.30 bits per heavy atom. The second-order valence-corrected chi connectivity index (χ2v) is 5.29. The highest BCUT2D eigenvalue weighted by molar-refractivity contribution is 9.10. The molecule has 2 rings (SSSR count). The van der Waals surface area contributed by atoms with Gasteiger partial charge >= 0.3 is 0 Å². The van der Waals surface area contributed by atoms with E-state index in [9.17, 15) is 14.0 Å². The molecule has 2 amide bonds. The third-order valence-corrected chi connectivity index (χ3v) is 3.63. The van der Waals surface area contributed by atoms with E-state index in [1.54, 1.807) is 0 Å². The van der Waals surface area contributed by atoms with E-state index in [4.69, 9.17) is 4.74 Å². The number of hydrogen-bond acceptors (Lipinski definition) is 3. The van der Waals surface area contributed by atoms with Crippen molar-refractivity contribution in [1.29, 1.82) is 0 Å². The van der Waals surface area contributed by atoms with Gasteiger partial charge in [0.25, 0.3) is 0 Å².